The van der Waals surface area contributed by atoms with Crippen LogP contribution in [-0.4, -0.2) is 73.9 Å². The molecule has 0 spiro atoms. The summed E-state index contributed by atoms with van der Waals surface area (Å²) < 4.78 is 32.4. The van der Waals surface area contributed by atoms with E-state index in [1.165, 1.54) is 6.92 Å². The summed E-state index contributed by atoms with van der Waals surface area (Å²) in [6, 6.07) is 5.55. The Morgan fingerprint density at radius 2 is 2.08 bits per heavy atom. The fourth-order valence-electron chi connectivity index (χ4n) is 5.67. The zero-order valence-corrected chi connectivity index (χ0v) is 21.6. The molecule has 1 aliphatic carbocycles. The molecule has 2 amide bonds. The van der Waals surface area contributed by atoms with Gasteiger partial charge in [-0.25, -0.2) is 13.1 Å². The van der Waals surface area contributed by atoms with Gasteiger partial charge in [0.15, 0.2) is 0 Å². The second kappa shape index (κ2) is 10.6. The summed E-state index contributed by atoms with van der Waals surface area (Å²) in [6.45, 7) is 3.89. The van der Waals surface area contributed by atoms with Crippen LogP contribution >= 0.6 is 0 Å². The number of nitrogens with zero attached hydrogens (tertiary/aromatic N) is 1. The summed E-state index contributed by atoms with van der Waals surface area (Å²) in [7, 11) is -2.03. The lowest BCUT2D eigenvalue weighted by Gasteiger charge is -2.28. The minimum atomic E-state index is -3.60. The molecule has 1 aromatic heterocycles. The number of sulfonamides is 1. The van der Waals surface area contributed by atoms with E-state index in [1.54, 1.807) is 25.0 Å². The van der Waals surface area contributed by atoms with Crippen LogP contribution in [0.2, 0.25) is 0 Å². The fraction of sp³-hybridized carbons (Fsp3) is 0.560. The highest BCUT2D eigenvalue weighted by atomic mass is 32.2. The van der Waals surface area contributed by atoms with Gasteiger partial charge in [-0.3, -0.25) is 9.59 Å². The van der Waals surface area contributed by atoms with Crippen molar-refractivity contribution in [2.24, 2.45) is 11.8 Å². The van der Waals surface area contributed by atoms with E-state index >= 15 is 0 Å². The van der Waals surface area contributed by atoms with Crippen molar-refractivity contribution in [3.8, 4) is 5.75 Å². The standard InChI is InChI=1S/C25H34N4O6S/c1-4-26-36(33,34)15(2)11-17(14-30)27-24(31)23-18-8-5-7-16(18)13-29(23)25(32)21-12-19-20(28-21)9-6-10-22(19)35-3/h6,9-10,12,14-18,23,26,28H,4-5,7-8,11,13H2,1-3H3,(H,27,31)/t15?,16-,17?,18-,23-/m0/s1. The maximum atomic E-state index is 13.6. The van der Waals surface area contributed by atoms with E-state index in [0.717, 1.165) is 30.2 Å². The number of amides is 2. The van der Waals surface area contributed by atoms with Gasteiger partial charge in [-0.2, -0.15) is 0 Å². The highest BCUT2D eigenvalue weighted by Crippen LogP contribution is 2.43. The molecule has 2 heterocycles. The summed E-state index contributed by atoms with van der Waals surface area (Å²) in [4.78, 5) is 43.6. The third-order valence-electron chi connectivity index (χ3n) is 7.45. The smallest absolute Gasteiger partial charge is 0.271 e. The van der Waals surface area contributed by atoms with Gasteiger partial charge in [-0.1, -0.05) is 19.4 Å². The number of fused-ring (bicyclic) bond motifs is 2. The van der Waals surface area contributed by atoms with Gasteiger partial charge < -0.3 is 24.7 Å². The van der Waals surface area contributed by atoms with E-state index in [2.05, 4.69) is 15.0 Å². The number of aldehydes is 1. The molecular weight excluding hydrogens is 484 g/mol. The lowest BCUT2D eigenvalue weighted by atomic mass is 9.93. The largest absolute Gasteiger partial charge is 0.496 e. The molecule has 2 unspecified atom stereocenters. The highest BCUT2D eigenvalue weighted by Gasteiger charge is 2.50. The number of hydrogen-bond acceptors (Lipinski definition) is 6. The number of rotatable bonds is 10. The molecule has 0 bridgehead atoms. The number of hydrogen-bond donors (Lipinski definition) is 3. The second-order valence-electron chi connectivity index (χ2n) is 9.70. The van der Waals surface area contributed by atoms with E-state index in [4.69, 9.17) is 4.74 Å². The molecule has 1 saturated heterocycles. The molecule has 0 radical (unpaired) electrons. The Hall–Kier alpha value is -2.92. The first-order valence-corrected chi connectivity index (χ1v) is 14.0. The molecule has 196 valence electrons. The van der Waals surface area contributed by atoms with Gasteiger partial charge in [0.1, 0.15) is 23.8 Å². The highest BCUT2D eigenvalue weighted by molar-refractivity contribution is 7.90. The van der Waals surface area contributed by atoms with E-state index < -0.39 is 33.3 Å². The Morgan fingerprint density at radius 1 is 1.31 bits per heavy atom. The van der Waals surface area contributed by atoms with Gasteiger partial charge in [0.2, 0.25) is 15.9 Å². The number of methoxy groups -OCH3 is 1. The summed E-state index contributed by atoms with van der Waals surface area (Å²) in [5, 5.41) is 2.64. The van der Waals surface area contributed by atoms with Crippen LogP contribution in [0.1, 0.15) is 50.0 Å². The first-order chi connectivity index (χ1) is 17.2. The number of benzene rings is 1. The molecule has 36 heavy (non-hydrogen) atoms. The van der Waals surface area contributed by atoms with E-state index in [1.807, 2.05) is 18.2 Å². The van der Waals surface area contributed by atoms with Gasteiger partial charge >= 0.3 is 0 Å². The molecule has 2 fully saturated rings. The van der Waals surface area contributed by atoms with Crippen molar-refractivity contribution in [2.45, 2.75) is 56.9 Å². The number of aromatic nitrogens is 1. The first kappa shape index (κ1) is 26.2. The average Bonchev–Trinajstić information content (AvgIpc) is 3.56. The molecule has 1 aromatic carbocycles. The molecule has 4 rings (SSSR count). The van der Waals surface area contributed by atoms with Crippen LogP contribution in [0.15, 0.2) is 24.3 Å². The minimum absolute atomic E-state index is 0.00285. The van der Waals surface area contributed by atoms with E-state index in [-0.39, 0.29) is 30.7 Å². The SMILES string of the molecule is CCNS(=O)(=O)C(C)CC(C=O)NC(=O)[C@@H]1[C@H]2CCC[C@H]2CN1C(=O)c1cc2c(OC)cccc2[nH]1. The van der Waals surface area contributed by atoms with Crippen molar-refractivity contribution in [2.75, 3.05) is 20.2 Å². The zero-order chi connectivity index (χ0) is 26.0. The number of nitrogens with one attached hydrogen (secondary N) is 3. The number of carbonyl (C=O) groups excluding carboxylic acids is 3. The molecular formula is C25H34N4O6S. The Labute approximate surface area is 211 Å². The van der Waals surface area contributed by atoms with E-state index in [9.17, 15) is 22.8 Å². The van der Waals surface area contributed by atoms with E-state index in [0.29, 0.717) is 24.3 Å². The van der Waals surface area contributed by atoms with Crippen LogP contribution < -0.4 is 14.8 Å². The number of aromatic amines is 1. The fourth-order valence-corrected chi connectivity index (χ4v) is 6.82. The number of H-pyrrole nitrogens is 1. The topological polar surface area (TPSA) is 138 Å². The molecule has 1 aliphatic heterocycles. The lowest BCUT2D eigenvalue weighted by Crippen LogP contribution is -2.52. The van der Waals surface area contributed by atoms with Crippen molar-refractivity contribution in [1.29, 1.82) is 0 Å². The predicted molar refractivity (Wildman–Crippen MR) is 135 cm³/mol. The van der Waals surface area contributed by atoms with Crippen molar-refractivity contribution < 1.29 is 27.5 Å². The van der Waals surface area contributed by atoms with Crippen molar-refractivity contribution in [3.63, 3.8) is 0 Å². The third-order valence-corrected chi connectivity index (χ3v) is 9.39. The van der Waals surface area contributed by atoms with Crippen molar-refractivity contribution in [3.05, 3.63) is 30.0 Å². The summed E-state index contributed by atoms with van der Waals surface area (Å²) >= 11 is 0. The molecule has 2 aliphatic rings. The maximum Gasteiger partial charge on any atom is 0.271 e. The Morgan fingerprint density at radius 3 is 2.78 bits per heavy atom. The Balaban J connectivity index is 1.55. The zero-order valence-electron chi connectivity index (χ0n) is 20.8. The van der Waals surface area contributed by atoms with Gasteiger partial charge in [0.25, 0.3) is 5.91 Å². The van der Waals surface area contributed by atoms with Gasteiger partial charge in [-0.15, -0.1) is 0 Å². The van der Waals surface area contributed by atoms with Crippen LogP contribution in [0.4, 0.5) is 0 Å². The molecule has 10 nitrogen and oxygen atoms in total. The maximum absolute atomic E-state index is 13.6. The molecule has 3 N–H and O–H groups in total. The normalized spacial score (nSPS) is 23.3. The summed E-state index contributed by atoms with van der Waals surface area (Å²) in [6.07, 6.45) is 3.26. The summed E-state index contributed by atoms with van der Waals surface area (Å²) in [5.74, 6) is 0.158. The third kappa shape index (κ3) is 4.99. The molecule has 1 saturated carbocycles. The number of carbonyl (C=O) groups is 3. The van der Waals surface area contributed by atoms with Crippen LogP contribution in [0.5, 0.6) is 5.75 Å². The predicted octanol–water partition coefficient (Wildman–Crippen LogP) is 1.82. The monoisotopic (exact) mass is 518 g/mol. The van der Waals surface area contributed by atoms with Gasteiger partial charge in [0, 0.05) is 24.0 Å². The van der Waals surface area contributed by atoms with Gasteiger partial charge in [-0.05, 0) is 56.2 Å². The number of ether oxygens (including phenoxy) is 1. The minimum Gasteiger partial charge on any atom is -0.496 e. The Kier molecular flexibility index (Phi) is 7.70. The quantitative estimate of drug-likeness (QED) is 0.410. The molecule has 11 heteroatoms. The summed E-state index contributed by atoms with van der Waals surface area (Å²) in [5.41, 5.74) is 1.12. The van der Waals surface area contributed by atoms with Crippen molar-refractivity contribution >= 4 is 39.0 Å². The van der Waals surface area contributed by atoms with Crippen LogP contribution in [-0.2, 0) is 19.6 Å². The van der Waals surface area contributed by atoms with Crippen LogP contribution in [0.25, 0.3) is 10.9 Å². The van der Waals surface area contributed by atoms with Crippen molar-refractivity contribution in [1.82, 2.24) is 19.9 Å². The molecule has 2 aromatic rings. The average molecular weight is 519 g/mol. The molecule has 5 atom stereocenters. The lowest BCUT2D eigenvalue weighted by molar-refractivity contribution is -0.128. The second-order valence-corrected chi connectivity index (χ2v) is 11.9. The van der Waals surface area contributed by atoms with Crippen LogP contribution in [0.3, 0.4) is 0 Å². The Bertz CT molecular complexity index is 1240. The van der Waals surface area contributed by atoms with Crippen LogP contribution in [0, 0.1) is 11.8 Å². The van der Waals surface area contributed by atoms with Gasteiger partial charge in [0.05, 0.1) is 18.4 Å². The number of likely N-dealkylation sites (tertiary alicyclic amines) is 1. The first-order valence-electron chi connectivity index (χ1n) is 12.4.